The van der Waals surface area contributed by atoms with E-state index in [1.54, 1.807) is 0 Å². The molecule has 0 spiro atoms. The summed E-state index contributed by atoms with van der Waals surface area (Å²) in [5.74, 6) is -0.286. The van der Waals surface area contributed by atoms with E-state index in [-0.39, 0.29) is 17.6 Å². The van der Waals surface area contributed by atoms with Crippen LogP contribution in [0.2, 0.25) is 0 Å². The first-order valence-electron chi connectivity index (χ1n) is 7.00. The molecule has 0 aliphatic carbocycles. The summed E-state index contributed by atoms with van der Waals surface area (Å²) in [5.41, 5.74) is 0.512. The smallest absolute Gasteiger partial charge is 0.406 e. The van der Waals surface area contributed by atoms with Crippen LogP contribution in [0.15, 0.2) is 18.2 Å². The van der Waals surface area contributed by atoms with Crippen molar-refractivity contribution < 1.29 is 22.7 Å². The van der Waals surface area contributed by atoms with Gasteiger partial charge in [0, 0.05) is 12.0 Å². The van der Waals surface area contributed by atoms with Gasteiger partial charge in [-0.15, -0.1) is 13.2 Å². The molecule has 0 saturated carbocycles. The zero-order valence-corrected chi connectivity index (χ0v) is 12.9. The van der Waals surface area contributed by atoms with E-state index >= 15 is 0 Å². The van der Waals surface area contributed by atoms with Crippen LogP contribution in [0.3, 0.4) is 0 Å². The topological polar surface area (TPSA) is 63.2 Å². The van der Waals surface area contributed by atoms with E-state index in [0.29, 0.717) is 21.3 Å². The number of hydrogen-bond acceptors (Lipinski definition) is 5. The first kappa shape index (κ1) is 16.0. The number of ether oxygens (including phenoxy) is 1. The number of nitrogens with one attached hydrogen (secondary N) is 2. The Balaban J connectivity index is 1.73. The first-order chi connectivity index (χ1) is 10.8. The van der Waals surface area contributed by atoms with Crippen molar-refractivity contribution in [2.24, 2.45) is 11.8 Å². The molecular weight excluding hydrogens is 331 g/mol. The Morgan fingerprint density at radius 2 is 2.22 bits per heavy atom. The van der Waals surface area contributed by atoms with Gasteiger partial charge in [-0.1, -0.05) is 18.3 Å². The molecule has 1 atom stereocenters. The number of rotatable bonds is 4. The molecule has 23 heavy (non-hydrogen) atoms. The fourth-order valence-corrected chi connectivity index (χ4v) is 3.15. The van der Waals surface area contributed by atoms with Gasteiger partial charge < -0.3 is 15.4 Å². The second kappa shape index (κ2) is 5.97. The molecule has 2 heterocycles. The van der Waals surface area contributed by atoms with Crippen LogP contribution in [0.1, 0.15) is 6.92 Å². The molecule has 9 heteroatoms. The predicted octanol–water partition coefficient (Wildman–Crippen LogP) is 2.99. The highest BCUT2D eigenvalue weighted by Crippen LogP contribution is 2.32. The Morgan fingerprint density at radius 3 is 2.83 bits per heavy atom. The predicted molar refractivity (Wildman–Crippen MR) is 80.5 cm³/mol. The van der Waals surface area contributed by atoms with Gasteiger partial charge in [-0.3, -0.25) is 4.79 Å². The quantitative estimate of drug-likeness (QED) is 0.894. The Morgan fingerprint density at radius 1 is 1.48 bits per heavy atom. The lowest BCUT2D eigenvalue weighted by Crippen LogP contribution is -2.48. The molecule has 2 aromatic rings. The van der Waals surface area contributed by atoms with Crippen molar-refractivity contribution in [1.82, 2.24) is 10.3 Å². The summed E-state index contributed by atoms with van der Waals surface area (Å²) in [4.78, 5) is 16.3. The molecule has 0 bridgehead atoms. The Bertz CT molecular complexity index is 728. The van der Waals surface area contributed by atoms with Crippen LogP contribution in [0.5, 0.6) is 5.75 Å². The number of fused-ring (bicyclic) bond motifs is 1. The molecule has 124 valence electrons. The lowest BCUT2D eigenvalue weighted by Gasteiger charge is -2.31. The molecule has 1 unspecified atom stereocenters. The molecule has 1 saturated heterocycles. The van der Waals surface area contributed by atoms with Crippen LogP contribution in [0.25, 0.3) is 10.2 Å². The Hall–Kier alpha value is -1.87. The number of alkyl halides is 3. The van der Waals surface area contributed by atoms with Crippen LogP contribution in [0, 0.1) is 11.8 Å². The third kappa shape index (κ3) is 3.73. The number of nitrogens with zero attached hydrogens (tertiary/aromatic N) is 1. The summed E-state index contributed by atoms with van der Waals surface area (Å²) in [6.45, 7) is 3.47. The van der Waals surface area contributed by atoms with Crippen LogP contribution in [-0.2, 0) is 4.79 Å². The largest absolute Gasteiger partial charge is 0.573 e. The summed E-state index contributed by atoms with van der Waals surface area (Å²) in [6, 6.07) is 3.89. The number of anilines is 1. The lowest BCUT2D eigenvalue weighted by molar-refractivity contribution is -0.274. The zero-order chi connectivity index (χ0) is 16.6. The van der Waals surface area contributed by atoms with E-state index < -0.39 is 6.36 Å². The van der Waals surface area contributed by atoms with Gasteiger partial charge >= 0.3 is 6.36 Å². The highest BCUT2D eigenvalue weighted by molar-refractivity contribution is 7.22. The maximum Gasteiger partial charge on any atom is 0.573 e. The number of hydrogen-bond donors (Lipinski definition) is 2. The standard InChI is InChI=1S/C14H14F3N3O2S/c1-7(8-5-18-6-8)12(21)20-13-19-10-3-2-9(4-11(10)23-13)22-14(15,16)17/h2-4,7-8,18H,5-6H2,1H3,(H,19,20,21). The number of amides is 1. The summed E-state index contributed by atoms with van der Waals surface area (Å²) in [5, 5.41) is 6.20. The molecule has 0 radical (unpaired) electrons. The summed E-state index contributed by atoms with van der Waals surface area (Å²) in [6.07, 6.45) is -4.73. The van der Waals surface area contributed by atoms with E-state index in [0.717, 1.165) is 24.4 Å². The molecule has 1 aliphatic rings. The van der Waals surface area contributed by atoms with Crippen molar-refractivity contribution in [2.45, 2.75) is 13.3 Å². The van der Waals surface area contributed by atoms with Gasteiger partial charge in [-0.25, -0.2) is 4.98 Å². The van der Waals surface area contributed by atoms with Gasteiger partial charge in [-0.05, 0) is 31.1 Å². The average molecular weight is 345 g/mol. The van der Waals surface area contributed by atoms with Crippen molar-refractivity contribution in [3.8, 4) is 5.75 Å². The second-order valence-electron chi connectivity index (χ2n) is 5.39. The van der Waals surface area contributed by atoms with Gasteiger partial charge in [0.1, 0.15) is 5.75 Å². The van der Waals surface area contributed by atoms with E-state index in [2.05, 4.69) is 20.4 Å². The molecular formula is C14H14F3N3O2S. The Kier molecular flexibility index (Phi) is 4.15. The van der Waals surface area contributed by atoms with Gasteiger partial charge in [-0.2, -0.15) is 0 Å². The van der Waals surface area contributed by atoms with Crippen LogP contribution >= 0.6 is 11.3 Å². The average Bonchev–Trinajstić information content (AvgIpc) is 2.76. The fraction of sp³-hybridized carbons (Fsp3) is 0.429. The normalized spacial score (nSPS) is 16.9. The van der Waals surface area contributed by atoms with E-state index in [1.165, 1.54) is 18.2 Å². The van der Waals surface area contributed by atoms with Crippen molar-refractivity contribution in [2.75, 3.05) is 18.4 Å². The minimum Gasteiger partial charge on any atom is -0.406 e. The number of halogens is 3. The SMILES string of the molecule is CC(C(=O)Nc1nc2ccc(OC(F)(F)F)cc2s1)C1CNC1. The van der Waals surface area contributed by atoms with Crippen molar-refractivity contribution in [3.63, 3.8) is 0 Å². The molecule has 1 aromatic carbocycles. The molecule has 1 amide bonds. The van der Waals surface area contributed by atoms with Crippen molar-refractivity contribution in [3.05, 3.63) is 18.2 Å². The Labute approximate surface area is 133 Å². The fourth-order valence-electron chi connectivity index (χ4n) is 2.25. The van der Waals surface area contributed by atoms with Gasteiger partial charge in [0.2, 0.25) is 5.91 Å². The highest BCUT2D eigenvalue weighted by Gasteiger charge is 2.31. The molecule has 1 fully saturated rings. The number of carbonyl (C=O) groups is 1. The number of benzene rings is 1. The van der Waals surface area contributed by atoms with Crippen molar-refractivity contribution in [1.29, 1.82) is 0 Å². The molecule has 3 rings (SSSR count). The monoisotopic (exact) mass is 345 g/mol. The van der Waals surface area contributed by atoms with Crippen LogP contribution in [0.4, 0.5) is 18.3 Å². The van der Waals surface area contributed by atoms with Gasteiger partial charge in [0.25, 0.3) is 0 Å². The number of aromatic nitrogens is 1. The van der Waals surface area contributed by atoms with Gasteiger partial charge in [0.05, 0.1) is 10.2 Å². The number of carbonyl (C=O) groups excluding carboxylic acids is 1. The molecule has 1 aliphatic heterocycles. The second-order valence-corrected chi connectivity index (χ2v) is 6.42. The molecule has 5 nitrogen and oxygen atoms in total. The maximum atomic E-state index is 12.2. The minimum absolute atomic E-state index is 0.137. The van der Waals surface area contributed by atoms with Gasteiger partial charge in [0.15, 0.2) is 5.13 Å². The minimum atomic E-state index is -4.73. The summed E-state index contributed by atoms with van der Waals surface area (Å²) >= 11 is 1.11. The van der Waals surface area contributed by atoms with Crippen molar-refractivity contribution >= 4 is 32.6 Å². The van der Waals surface area contributed by atoms with E-state index in [4.69, 9.17) is 0 Å². The van der Waals surface area contributed by atoms with Crippen LogP contribution in [-0.4, -0.2) is 30.3 Å². The highest BCUT2D eigenvalue weighted by atomic mass is 32.1. The van der Waals surface area contributed by atoms with E-state index in [9.17, 15) is 18.0 Å². The van der Waals surface area contributed by atoms with Crippen LogP contribution < -0.4 is 15.4 Å². The lowest BCUT2D eigenvalue weighted by atomic mass is 9.88. The summed E-state index contributed by atoms with van der Waals surface area (Å²) < 4.78 is 41.1. The van der Waals surface area contributed by atoms with E-state index in [1.807, 2.05) is 6.92 Å². The maximum absolute atomic E-state index is 12.2. The summed E-state index contributed by atoms with van der Waals surface area (Å²) in [7, 11) is 0. The third-order valence-corrected chi connectivity index (χ3v) is 4.69. The zero-order valence-electron chi connectivity index (χ0n) is 12.1. The third-order valence-electron chi connectivity index (χ3n) is 3.76. The number of thiazole rings is 1. The molecule has 2 N–H and O–H groups in total. The molecule has 1 aromatic heterocycles. The first-order valence-corrected chi connectivity index (χ1v) is 7.81.